The molecule has 0 aliphatic heterocycles. The van der Waals surface area contributed by atoms with E-state index in [9.17, 15) is 0 Å². The molecule has 11 heavy (non-hydrogen) atoms. The fourth-order valence-corrected chi connectivity index (χ4v) is 1.23. The second-order valence-corrected chi connectivity index (χ2v) is 8.56. The van der Waals surface area contributed by atoms with Gasteiger partial charge in [0.25, 0.3) is 0 Å². The van der Waals surface area contributed by atoms with Crippen LogP contribution in [0.2, 0.25) is 19.6 Å². The van der Waals surface area contributed by atoms with Crippen molar-refractivity contribution in [2.45, 2.75) is 19.6 Å². The maximum atomic E-state index is 5.15. The molecule has 0 saturated heterocycles. The Balaban J connectivity index is 3.78. The van der Waals surface area contributed by atoms with Crippen LogP contribution in [-0.4, -0.2) is 8.07 Å². The maximum Gasteiger partial charge on any atom is 0.0687 e. The van der Waals surface area contributed by atoms with E-state index < -0.39 is 8.07 Å². The van der Waals surface area contributed by atoms with Gasteiger partial charge in [0.15, 0.2) is 0 Å². The smallest absolute Gasteiger partial charge is 0.0687 e. The van der Waals surface area contributed by atoms with Gasteiger partial charge in [-0.1, -0.05) is 43.6 Å². The van der Waals surface area contributed by atoms with Crippen LogP contribution in [0.3, 0.4) is 0 Å². The maximum absolute atomic E-state index is 5.15. The molecule has 0 atom stereocenters. The van der Waals surface area contributed by atoms with Crippen LogP contribution in [-0.2, 0) is 0 Å². The van der Waals surface area contributed by atoms with Crippen molar-refractivity contribution in [3.63, 3.8) is 0 Å². The topological polar surface area (TPSA) is 26.0 Å². The number of hydrogen-bond acceptors (Lipinski definition) is 1. The van der Waals surface area contributed by atoms with E-state index in [1.54, 1.807) is 0 Å². The van der Waals surface area contributed by atoms with Gasteiger partial charge >= 0.3 is 0 Å². The van der Waals surface area contributed by atoms with Gasteiger partial charge in [-0.15, -0.1) is 0 Å². The van der Waals surface area contributed by atoms with E-state index in [0.29, 0.717) is 0 Å². The fraction of sp³-hybridized carbons (Fsp3) is 0.333. The lowest BCUT2D eigenvalue weighted by atomic mass is 10.5. The lowest BCUT2D eigenvalue weighted by Gasteiger charge is -2.06. The Morgan fingerprint density at radius 2 is 1.45 bits per heavy atom. The normalized spacial score (nSPS) is 14.1. The van der Waals surface area contributed by atoms with Crippen molar-refractivity contribution < 1.29 is 0 Å². The quantitative estimate of drug-likeness (QED) is 0.507. The third-order valence-corrected chi connectivity index (χ3v) is 2.23. The third-order valence-electron chi connectivity index (χ3n) is 1.04. The first-order chi connectivity index (χ1) is 5.06. The van der Waals surface area contributed by atoms with Crippen LogP contribution in [0.4, 0.5) is 0 Å². The fourth-order valence-electron chi connectivity index (χ4n) is 0.537. The summed E-state index contributed by atoms with van der Waals surface area (Å²) >= 11 is 0. The average molecular weight is 167 g/mol. The summed E-state index contributed by atoms with van der Waals surface area (Å²) in [5, 5.41) is 0. The van der Waals surface area contributed by atoms with Gasteiger partial charge in [0.05, 0.1) is 8.07 Å². The second-order valence-electron chi connectivity index (χ2n) is 3.49. The molecule has 0 radical (unpaired) electrons. The molecule has 1 nitrogen and oxygen atoms in total. The van der Waals surface area contributed by atoms with Crippen molar-refractivity contribution in [2.24, 2.45) is 5.73 Å². The number of rotatable bonds is 3. The molecule has 62 valence electrons. The second kappa shape index (κ2) is 4.96. The van der Waals surface area contributed by atoms with Gasteiger partial charge in [-0.25, -0.2) is 0 Å². The SMILES string of the molecule is C[Si](C)(C)/C=C/C=C\C=C\N. The zero-order valence-electron chi connectivity index (χ0n) is 7.54. The minimum absolute atomic E-state index is 1.00. The molecule has 0 aromatic rings. The Kier molecular flexibility index (Phi) is 4.62. The lowest BCUT2D eigenvalue weighted by molar-refractivity contribution is 1.60. The molecular weight excluding hydrogens is 150 g/mol. The minimum Gasteiger partial charge on any atom is -0.405 e. The number of allylic oxidation sites excluding steroid dienone is 4. The monoisotopic (exact) mass is 167 g/mol. The summed E-state index contributed by atoms with van der Waals surface area (Å²) in [4.78, 5) is 0. The highest BCUT2D eigenvalue weighted by molar-refractivity contribution is 6.80. The van der Waals surface area contributed by atoms with Crippen LogP contribution < -0.4 is 5.73 Å². The van der Waals surface area contributed by atoms with Gasteiger partial charge in [0, 0.05) is 0 Å². The molecule has 0 unspecified atom stereocenters. The number of nitrogens with two attached hydrogens (primary N) is 1. The Morgan fingerprint density at radius 3 is 1.91 bits per heavy atom. The van der Waals surface area contributed by atoms with Gasteiger partial charge in [-0.05, 0) is 12.3 Å². The van der Waals surface area contributed by atoms with E-state index in [1.165, 1.54) is 6.20 Å². The van der Waals surface area contributed by atoms with Crippen molar-refractivity contribution >= 4 is 8.07 Å². The molecule has 0 aromatic heterocycles. The minimum atomic E-state index is -1.00. The van der Waals surface area contributed by atoms with Crippen molar-refractivity contribution in [1.29, 1.82) is 0 Å². The highest BCUT2D eigenvalue weighted by atomic mass is 28.3. The molecule has 0 bridgehead atoms. The summed E-state index contributed by atoms with van der Waals surface area (Å²) in [5.74, 6) is 0. The molecule has 2 heteroatoms. The van der Waals surface area contributed by atoms with Gasteiger partial charge in [-0.3, -0.25) is 0 Å². The molecule has 0 saturated carbocycles. The standard InChI is InChI=1S/C9H17NSi/c1-11(2,3)9-7-5-4-6-8-10/h4-9H,10H2,1-3H3/b5-4-,8-6+,9-7+. The zero-order chi connectivity index (χ0) is 8.74. The van der Waals surface area contributed by atoms with Crippen LogP contribution >= 0.6 is 0 Å². The van der Waals surface area contributed by atoms with Crippen LogP contribution in [0, 0.1) is 0 Å². The van der Waals surface area contributed by atoms with Gasteiger partial charge in [-0.2, -0.15) is 0 Å². The van der Waals surface area contributed by atoms with E-state index in [1.807, 2.05) is 18.2 Å². The summed E-state index contributed by atoms with van der Waals surface area (Å²) in [6, 6.07) is 0. The van der Waals surface area contributed by atoms with E-state index in [2.05, 4.69) is 31.4 Å². The highest BCUT2D eigenvalue weighted by Crippen LogP contribution is 2.01. The van der Waals surface area contributed by atoms with E-state index in [0.717, 1.165) is 0 Å². The van der Waals surface area contributed by atoms with Crippen LogP contribution in [0.25, 0.3) is 0 Å². The lowest BCUT2D eigenvalue weighted by Crippen LogP contribution is -2.14. The molecule has 0 aromatic carbocycles. The summed E-state index contributed by atoms with van der Waals surface area (Å²) in [7, 11) is -1.00. The molecule has 0 rings (SSSR count). The molecule has 0 heterocycles. The Hall–Kier alpha value is -0.763. The van der Waals surface area contributed by atoms with E-state index >= 15 is 0 Å². The third kappa shape index (κ3) is 9.24. The van der Waals surface area contributed by atoms with Crippen molar-refractivity contribution in [3.8, 4) is 0 Å². The predicted octanol–water partition coefficient (Wildman–Crippen LogP) is 2.45. The van der Waals surface area contributed by atoms with Crippen LogP contribution in [0.5, 0.6) is 0 Å². The van der Waals surface area contributed by atoms with E-state index in [4.69, 9.17) is 5.73 Å². The molecule has 0 fully saturated rings. The summed E-state index contributed by atoms with van der Waals surface area (Å²) in [6.07, 6.45) is 9.36. The molecular formula is C9H17NSi. The van der Waals surface area contributed by atoms with Gasteiger partial charge in [0.2, 0.25) is 0 Å². The first kappa shape index (κ1) is 10.2. The van der Waals surface area contributed by atoms with Gasteiger partial charge in [0.1, 0.15) is 0 Å². The Morgan fingerprint density at radius 1 is 0.909 bits per heavy atom. The highest BCUT2D eigenvalue weighted by Gasteiger charge is 2.05. The average Bonchev–Trinajstić information content (AvgIpc) is 1.85. The van der Waals surface area contributed by atoms with Crippen LogP contribution in [0.15, 0.2) is 36.2 Å². The largest absolute Gasteiger partial charge is 0.405 e. The summed E-state index contributed by atoms with van der Waals surface area (Å²) < 4.78 is 0. The Labute approximate surface area is 70.3 Å². The first-order valence-electron chi connectivity index (χ1n) is 3.79. The first-order valence-corrected chi connectivity index (χ1v) is 7.37. The van der Waals surface area contributed by atoms with Crippen molar-refractivity contribution in [2.75, 3.05) is 0 Å². The van der Waals surface area contributed by atoms with Crippen molar-refractivity contribution in [3.05, 3.63) is 36.2 Å². The van der Waals surface area contributed by atoms with Crippen molar-refractivity contribution in [1.82, 2.24) is 0 Å². The zero-order valence-corrected chi connectivity index (χ0v) is 8.54. The summed E-state index contributed by atoms with van der Waals surface area (Å²) in [5.41, 5.74) is 7.43. The summed E-state index contributed by atoms with van der Waals surface area (Å²) in [6.45, 7) is 6.91. The molecule has 0 aliphatic carbocycles. The Bertz CT molecular complexity index is 172. The van der Waals surface area contributed by atoms with Crippen LogP contribution in [0.1, 0.15) is 0 Å². The predicted molar refractivity (Wildman–Crippen MR) is 55.0 cm³/mol. The number of hydrogen-bond donors (Lipinski definition) is 1. The molecule has 0 spiro atoms. The molecule has 0 amide bonds. The molecule has 2 N–H and O–H groups in total. The van der Waals surface area contributed by atoms with Gasteiger partial charge < -0.3 is 5.73 Å². The van der Waals surface area contributed by atoms with E-state index in [-0.39, 0.29) is 0 Å². The molecule has 0 aliphatic rings.